The lowest BCUT2D eigenvalue weighted by Gasteiger charge is -2.27. The fourth-order valence-corrected chi connectivity index (χ4v) is 5.05. The van der Waals surface area contributed by atoms with Crippen LogP contribution in [-0.4, -0.2) is 70.0 Å². The highest BCUT2D eigenvalue weighted by molar-refractivity contribution is 7.89. The first-order valence-corrected chi connectivity index (χ1v) is 11.0. The fraction of sp³-hybridized carbons (Fsp3) is 0.632. The summed E-state index contributed by atoms with van der Waals surface area (Å²) in [4.78, 5) is 14.6. The summed E-state index contributed by atoms with van der Waals surface area (Å²) in [5, 5.41) is 0. The predicted molar refractivity (Wildman–Crippen MR) is 101 cm³/mol. The number of carbonyl (C=O) groups excluding carboxylic acids is 1. The maximum absolute atomic E-state index is 12.9. The number of nitrogens with zero attached hydrogens (tertiary/aromatic N) is 2. The molecule has 0 spiro atoms. The maximum Gasteiger partial charge on any atom is 0.243 e. The number of piperidine rings is 1. The number of hydrogen-bond acceptors (Lipinski definition) is 5. The molecule has 2 fully saturated rings. The second-order valence-electron chi connectivity index (χ2n) is 6.93. The molecule has 27 heavy (non-hydrogen) atoms. The number of hydrogen-bond donors (Lipinski definition) is 0. The second-order valence-corrected chi connectivity index (χ2v) is 8.87. The minimum atomic E-state index is -3.57. The molecule has 3 rings (SSSR count). The van der Waals surface area contributed by atoms with Crippen LogP contribution in [0.2, 0.25) is 0 Å². The van der Waals surface area contributed by atoms with E-state index in [4.69, 9.17) is 9.47 Å². The van der Waals surface area contributed by atoms with Crippen molar-refractivity contribution in [1.82, 2.24) is 9.21 Å². The summed E-state index contributed by atoms with van der Waals surface area (Å²) in [6.45, 7) is 3.18. The van der Waals surface area contributed by atoms with E-state index in [-0.39, 0.29) is 10.8 Å². The highest BCUT2D eigenvalue weighted by Crippen LogP contribution is 2.26. The van der Waals surface area contributed by atoms with Crippen LogP contribution in [0.3, 0.4) is 0 Å². The lowest BCUT2D eigenvalue weighted by atomic mass is 10.1. The number of carbonyl (C=O) groups is 1. The van der Waals surface area contributed by atoms with Crippen LogP contribution in [0, 0.1) is 0 Å². The number of ether oxygens (including phenoxy) is 2. The molecule has 0 atom stereocenters. The normalized spacial score (nSPS) is 19.1. The highest BCUT2D eigenvalue weighted by Gasteiger charge is 2.27. The van der Waals surface area contributed by atoms with Crippen LogP contribution < -0.4 is 4.74 Å². The molecule has 0 aliphatic carbocycles. The standard InChI is InChI=1S/C19H28N2O5S/c1-25-18-7-6-17(27(23,24)21-11-13-26-14-12-21)15-16(18)5-8-19(22)20-9-3-2-4-10-20/h6-7,15H,2-5,8-14H2,1H3. The van der Waals surface area contributed by atoms with E-state index in [1.807, 2.05) is 4.90 Å². The monoisotopic (exact) mass is 396 g/mol. The first-order valence-electron chi connectivity index (χ1n) is 9.55. The van der Waals surface area contributed by atoms with Crippen LogP contribution in [0.15, 0.2) is 23.1 Å². The molecular formula is C19H28N2O5S. The van der Waals surface area contributed by atoms with Gasteiger partial charge in [0.2, 0.25) is 15.9 Å². The van der Waals surface area contributed by atoms with E-state index in [0.29, 0.717) is 44.9 Å². The Bertz CT molecular complexity index is 753. The van der Waals surface area contributed by atoms with Gasteiger partial charge in [0.05, 0.1) is 25.2 Å². The third-order valence-corrected chi connectivity index (χ3v) is 7.07. The summed E-state index contributed by atoms with van der Waals surface area (Å²) in [7, 11) is -2.01. The zero-order valence-corrected chi connectivity index (χ0v) is 16.7. The Morgan fingerprint density at radius 2 is 1.81 bits per heavy atom. The van der Waals surface area contributed by atoms with Crippen molar-refractivity contribution in [2.75, 3.05) is 46.5 Å². The molecule has 0 N–H and O–H groups in total. The third kappa shape index (κ3) is 4.80. The molecule has 0 aromatic heterocycles. The smallest absolute Gasteiger partial charge is 0.243 e. The molecule has 1 aromatic carbocycles. The van der Waals surface area contributed by atoms with Crippen molar-refractivity contribution >= 4 is 15.9 Å². The molecule has 0 bridgehead atoms. The summed E-state index contributed by atoms with van der Waals surface area (Å²) >= 11 is 0. The average Bonchev–Trinajstić information content (AvgIpc) is 2.73. The summed E-state index contributed by atoms with van der Waals surface area (Å²) < 4.78 is 37.8. The van der Waals surface area contributed by atoms with Gasteiger partial charge in [0.15, 0.2) is 0 Å². The second kappa shape index (κ2) is 9.03. The SMILES string of the molecule is COc1ccc(S(=O)(=O)N2CCOCC2)cc1CCC(=O)N1CCCCC1. The van der Waals surface area contributed by atoms with Crippen molar-refractivity contribution < 1.29 is 22.7 Å². The van der Waals surface area contributed by atoms with Crippen LogP contribution in [0.25, 0.3) is 0 Å². The Labute approximate surface area is 161 Å². The molecular weight excluding hydrogens is 368 g/mol. The Balaban J connectivity index is 1.74. The number of methoxy groups -OCH3 is 1. The van der Waals surface area contributed by atoms with Gasteiger partial charge in [-0.3, -0.25) is 4.79 Å². The number of likely N-dealkylation sites (tertiary alicyclic amines) is 1. The Hall–Kier alpha value is -1.64. The van der Waals surface area contributed by atoms with Crippen molar-refractivity contribution in [2.24, 2.45) is 0 Å². The number of benzene rings is 1. The van der Waals surface area contributed by atoms with Gasteiger partial charge in [-0.05, 0) is 49.4 Å². The summed E-state index contributed by atoms with van der Waals surface area (Å²) in [5.41, 5.74) is 0.747. The zero-order chi connectivity index (χ0) is 19.3. The quantitative estimate of drug-likeness (QED) is 0.731. The number of sulfonamides is 1. The van der Waals surface area contributed by atoms with E-state index in [1.54, 1.807) is 25.3 Å². The van der Waals surface area contributed by atoms with Gasteiger partial charge in [0, 0.05) is 32.6 Å². The molecule has 2 heterocycles. The Kier molecular flexibility index (Phi) is 6.73. The van der Waals surface area contributed by atoms with E-state index < -0.39 is 10.0 Å². The predicted octanol–water partition coefficient (Wildman–Crippen LogP) is 1.66. The van der Waals surface area contributed by atoms with Gasteiger partial charge < -0.3 is 14.4 Å². The number of aryl methyl sites for hydroxylation is 1. The zero-order valence-electron chi connectivity index (χ0n) is 15.9. The first kappa shape index (κ1) is 20.1. The lowest BCUT2D eigenvalue weighted by Crippen LogP contribution is -2.40. The molecule has 1 aromatic rings. The van der Waals surface area contributed by atoms with Crippen molar-refractivity contribution in [3.63, 3.8) is 0 Å². The molecule has 8 heteroatoms. The van der Waals surface area contributed by atoms with Crippen LogP contribution in [-0.2, 0) is 26.0 Å². The number of rotatable bonds is 6. The van der Waals surface area contributed by atoms with Gasteiger partial charge in [0.25, 0.3) is 0 Å². The third-order valence-electron chi connectivity index (χ3n) is 5.18. The number of amides is 1. The van der Waals surface area contributed by atoms with E-state index >= 15 is 0 Å². The molecule has 7 nitrogen and oxygen atoms in total. The molecule has 0 unspecified atom stereocenters. The molecule has 0 radical (unpaired) electrons. The van der Waals surface area contributed by atoms with E-state index in [2.05, 4.69) is 0 Å². The summed E-state index contributed by atoms with van der Waals surface area (Å²) in [6, 6.07) is 4.89. The van der Waals surface area contributed by atoms with E-state index in [1.165, 1.54) is 10.7 Å². The van der Waals surface area contributed by atoms with Crippen LogP contribution in [0.5, 0.6) is 5.75 Å². The van der Waals surface area contributed by atoms with Gasteiger partial charge in [-0.1, -0.05) is 0 Å². The highest BCUT2D eigenvalue weighted by atomic mass is 32.2. The molecule has 1 amide bonds. The van der Waals surface area contributed by atoms with Gasteiger partial charge in [-0.15, -0.1) is 0 Å². The first-order chi connectivity index (χ1) is 13.0. The van der Waals surface area contributed by atoms with E-state index in [0.717, 1.165) is 31.5 Å². The molecule has 2 aliphatic heterocycles. The molecule has 150 valence electrons. The molecule has 2 aliphatic rings. The van der Waals surface area contributed by atoms with Gasteiger partial charge in [0.1, 0.15) is 5.75 Å². The van der Waals surface area contributed by atoms with Gasteiger partial charge in [-0.2, -0.15) is 4.31 Å². The van der Waals surface area contributed by atoms with Crippen LogP contribution in [0.4, 0.5) is 0 Å². The van der Waals surface area contributed by atoms with Crippen molar-refractivity contribution in [1.29, 1.82) is 0 Å². The Morgan fingerprint density at radius 1 is 1.11 bits per heavy atom. The van der Waals surface area contributed by atoms with Crippen molar-refractivity contribution in [3.8, 4) is 5.75 Å². The summed E-state index contributed by atoms with van der Waals surface area (Å²) in [6.07, 6.45) is 4.12. The van der Waals surface area contributed by atoms with Crippen molar-refractivity contribution in [2.45, 2.75) is 37.0 Å². The van der Waals surface area contributed by atoms with E-state index in [9.17, 15) is 13.2 Å². The van der Waals surface area contributed by atoms with Crippen LogP contribution >= 0.6 is 0 Å². The Morgan fingerprint density at radius 3 is 2.48 bits per heavy atom. The topological polar surface area (TPSA) is 76.1 Å². The largest absolute Gasteiger partial charge is 0.496 e. The van der Waals surface area contributed by atoms with Crippen molar-refractivity contribution in [3.05, 3.63) is 23.8 Å². The minimum Gasteiger partial charge on any atom is -0.496 e. The fourth-order valence-electron chi connectivity index (χ4n) is 3.59. The molecule has 0 saturated carbocycles. The lowest BCUT2D eigenvalue weighted by molar-refractivity contribution is -0.132. The van der Waals surface area contributed by atoms with Crippen LogP contribution in [0.1, 0.15) is 31.2 Å². The van der Waals surface area contributed by atoms with Gasteiger partial charge >= 0.3 is 0 Å². The molecule has 2 saturated heterocycles. The van der Waals surface area contributed by atoms with Gasteiger partial charge in [-0.25, -0.2) is 8.42 Å². The average molecular weight is 397 g/mol. The summed E-state index contributed by atoms with van der Waals surface area (Å²) in [5.74, 6) is 0.737. The minimum absolute atomic E-state index is 0.123. The number of morpholine rings is 1. The maximum atomic E-state index is 12.9.